The fraction of sp³-hybridized carbons (Fsp3) is 0. The maximum absolute atomic E-state index is 11.3. The van der Waals surface area contributed by atoms with Crippen molar-refractivity contribution in [3.05, 3.63) is 96.6 Å². The third kappa shape index (κ3) is 2.50. The van der Waals surface area contributed by atoms with Crippen LogP contribution in [0.25, 0.3) is 33.0 Å². The van der Waals surface area contributed by atoms with E-state index in [1.165, 1.54) is 11.1 Å². The Balaban J connectivity index is 1.92. The normalized spacial score (nSPS) is 10.7. The van der Waals surface area contributed by atoms with Crippen LogP contribution in [0.3, 0.4) is 0 Å². The first-order valence-corrected chi connectivity index (χ1v) is 7.92. The summed E-state index contributed by atoms with van der Waals surface area (Å²) >= 11 is 0. The maximum Gasteiger partial charge on any atom is 0.234 e. The van der Waals surface area contributed by atoms with Gasteiger partial charge in [-0.15, -0.1) is 0 Å². The van der Waals surface area contributed by atoms with Crippen molar-refractivity contribution in [3.8, 4) is 22.3 Å². The molecule has 0 aliphatic carbocycles. The molecule has 0 heterocycles. The van der Waals surface area contributed by atoms with Gasteiger partial charge in [-0.2, -0.15) is 0 Å². The minimum absolute atomic E-state index is 0.595. The summed E-state index contributed by atoms with van der Waals surface area (Å²) in [5.74, 6) is 0. The van der Waals surface area contributed by atoms with E-state index in [0.717, 1.165) is 21.9 Å². The Morgan fingerprint density at radius 3 is 2.17 bits per heavy atom. The Bertz CT molecular complexity index is 1020. The number of hydrogen-bond donors (Lipinski definition) is 0. The van der Waals surface area contributed by atoms with Crippen LogP contribution in [-0.2, 0) is 4.79 Å². The van der Waals surface area contributed by atoms with Crippen molar-refractivity contribution in [1.29, 1.82) is 0 Å². The van der Waals surface area contributed by atoms with Crippen molar-refractivity contribution in [2.45, 2.75) is 0 Å². The van der Waals surface area contributed by atoms with Crippen LogP contribution < -0.4 is 0 Å². The second-order valence-electron chi connectivity index (χ2n) is 5.76. The number of carbonyl (C=O) groups excluding carboxylic acids is 1. The lowest BCUT2D eigenvalue weighted by atomic mass is 9.93. The predicted molar refractivity (Wildman–Crippen MR) is 99.6 cm³/mol. The van der Waals surface area contributed by atoms with Crippen LogP contribution >= 0.6 is 0 Å². The zero-order valence-corrected chi connectivity index (χ0v) is 13.1. The molecule has 0 aliphatic heterocycles. The smallest absolute Gasteiger partial charge is 0.234 e. The van der Waals surface area contributed by atoms with Gasteiger partial charge in [0.25, 0.3) is 0 Å². The summed E-state index contributed by atoms with van der Waals surface area (Å²) in [7, 11) is 0. The molecule has 24 heavy (non-hydrogen) atoms. The molecule has 1 radical (unpaired) electrons. The van der Waals surface area contributed by atoms with Crippen LogP contribution in [0.5, 0.6) is 0 Å². The van der Waals surface area contributed by atoms with E-state index < -0.39 is 0 Å². The predicted octanol–water partition coefficient (Wildman–Crippen LogP) is 5.63. The molecule has 1 nitrogen and oxygen atoms in total. The first-order valence-electron chi connectivity index (χ1n) is 7.92. The van der Waals surface area contributed by atoms with Crippen molar-refractivity contribution in [2.75, 3.05) is 0 Å². The van der Waals surface area contributed by atoms with E-state index >= 15 is 0 Å². The number of fused-ring (bicyclic) bond motifs is 1. The van der Waals surface area contributed by atoms with Crippen LogP contribution in [0.1, 0.15) is 5.56 Å². The van der Waals surface area contributed by atoms with Crippen molar-refractivity contribution in [2.24, 2.45) is 0 Å². The lowest BCUT2D eigenvalue weighted by Gasteiger charge is -2.10. The van der Waals surface area contributed by atoms with Gasteiger partial charge in [0.1, 0.15) is 0 Å². The van der Waals surface area contributed by atoms with Gasteiger partial charge >= 0.3 is 0 Å². The highest BCUT2D eigenvalue weighted by molar-refractivity contribution is 6.02. The average Bonchev–Trinajstić information content (AvgIpc) is 2.67. The molecule has 1 heteroatoms. The van der Waals surface area contributed by atoms with E-state index in [0.29, 0.717) is 5.56 Å². The Labute approximate surface area is 141 Å². The highest BCUT2D eigenvalue weighted by Gasteiger charge is 2.09. The topological polar surface area (TPSA) is 17.1 Å². The fourth-order valence-corrected chi connectivity index (χ4v) is 3.14. The third-order valence-electron chi connectivity index (χ3n) is 4.31. The van der Waals surface area contributed by atoms with E-state index in [2.05, 4.69) is 42.5 Å². The molecule has 0 N–H and O–H groups in total. The fourth-order valence-electron chi connectivity index (χ4n) is 3.14. The molecule has 4 rings (SSSR count). The molecule has 0 saturated carbocycles. The summed E-state index contributed by atoms with van der Waals surface area (Å²) in [6.45, 7) is 0. The first-order chi connectivity index (χ1) is 11.9. The van der Waals surface area contributed by atoms with Gasteiger partial charge in [0, 0.05) is 5.56 Å². The van der Waals surface area contributed by atoms with Crippen LogP contribution in [0.15, 0.2) is 91.0 Å². The van der Waals surface area contributed by atoms with Gasteiger partial charge in [-0.1, -0.05) is 84.9 Å². The van der Waals surface area contributed by atoms with Crippen molar-refractivity contribution in [1.82, 2.24) is 0 Å². The Morgan fingerprint density at radius 2 is 1.33 bits per heavy atom. The zero-order valence-electron chi connectivity index (χ0n) is 13.1. The highest BCUT2D eigenvalue weighted by atomic mass is 16.1. The first kappa shape index (κ1) is 14.4. The van der Waals surface area contributed by atoms with Crippen molar-refractivity contribution >= 4 is 17.1 Å². The standard InChI is InChI=1S/C23H15O/c24-16-20-9-4-5-11-21(20)23-12-6-10-19-15-18(13-14-22(19)23)17-7-2-1-3-8-17/h1-15H. The van der Waals surface area contributed by atoms with E-state index in [9.17, 15) is 4.79 Å². The van der Waals surface area contributed by atoms with E-state index in [1.54, 1.807) is 6.07 Å². The minimum Gasteiger partial charge on any atom is -0.285 e. The number of rotatable bonds is 3. The van der Waals surface area contributed by atoms with Gasteiger partial charge in [0.05, 0.1) is 0 Å². The highest BCUT2D eigenvalue weighted by Crippen LogP contribution is 2.33. The minimum atomic E-state index is 0.595. The number of hydrogen-bond acceptors (Lipinski definition) is 1. The lowest BCUT2D eigenvalue weighted by Crippen LogP contribution is -1.89. The molecule has 4 aromatic carbocycles. The second-order valence-corrected chi connectivity index (χ2v) is 5.76. The molecule has 0 atom stereocenters. The van der Waals surface area contributed by atoms with E-state index in [4.69, 9.17) is 0 Å². The summed E-state index contributed by atoms with van der Waals surface area (Å²) in [5, 5.41) is 2.30. The van der Waals surface area contributed by atoms with Crippen LogP contribution in [0.4, 0.5) is 0 Å². The molecular formula is C23H15O. The summed E-state index contributed by atoms with van der Waals surface area (Å²) in [4.78, 5) is 11.3. The summed E-state index contributed by atoms with van der Waals surface area (Å²) < 4.78 is 0. The molecule has 113 valence electrons. The molecule has 0 aromatic heterocycles. The summed E-state index contributed by atoms with van der Waals surface area (Å²) in [5.41, 5.74) is 4.97. The van der Waals surface area contributed by atoms with Gasteiger partial charge in [-0.05, 0) is 39.1 Å². The number of benzene rings is 4. The lowest BCUT2D eigenvalue weighted by molar-refractivity contribution is 0.563. The van der Waals surface area contributed by atoms with Crippen molar-refractivity contribution < 1.29 is 4.79 Å². The van der Waals surface area contributed by atoms with Crippen LogP contribution in [0.2, 0.25) is 0 Å². The molecule has 0 amide bonds. The van der Waals surface area contributed by atoms with Gasteiger partial charge in [-0.3, -0.25) is 4.79 Å². The molecular weight excluding hydrogens is 292 g/mol. The molecule has 0 saturated heterocycles. The van der Waals surface area contributed by atoms with Crippen LogP contribution in [0, 0.1) is 0 Å². The molecule has 0 spiro atoms. The second kappa shape index (κ2) is 6.13. The maximum atomic E-state index is 11.3. The summed E-state index contributed by atoms with van der Waals surface area (Å²) in [6.07, 6.45) is 2.05. The molecule has 0 unspecified atom stereocenters. The van der Waals surface area contributed by atoms with Crippen molar-refractivity contribution in [3.63, 3.8) is 0 Å². The molecule has 4 aromatic rings. The largest absolute Gasteiger partial charge is 0.285 e. The van der Waals surface area contributed by atoms with Gasteiger partial charge in [0.2, 0.25) is 6.29 Å². The molecule has 0 bridgehead atoms. The third-order valence-corrected chi connectivity index (χ3v) is 4.31. The van der Waals surface area contributed by atoms with Gasteiger partial charge in [0.15, 0.2) is 0 Å². The SMILES string of the molecule is O=[C]c1ccccc1-c1cccc2cc(-c3ccccc3)ccc12. The zero-order chi connectivity index (χ0) is 16.4. The quantitative estimate of drug-likeness (QED) is 0.479. The monoisotopic (exact) mass is 307 g/mol. The Hall–Kier alpha value is -3.19. The Kier molecular flexibility index (Phi) is 3.68. The molecule has 0 aliphatic rings. The van der Waals surface area contributed by atoms with E-state index in [-0.39, 0.29) is 0 Å². The Morgan fingerprint density at radius 1 is 0.583 bits per heavy atom. The van der Waals surface area contributed by atoms with Gasteiger partial charge in [-0.25, -0.2) is 0 Å². The van der Waals surface area contributed by atoms with Gasteiger partial charge < -0.3 is 0 Å². The van der Waals surface area contributed by atoms with E-state index in [1.807, 2.05) is 48.8 Å². The average molecular weight is 307 g/mol. The molecule has 0 fully saturated rings. The van der Waals surface area contributed by atoms with Crippen LogP contribution in [-0.4, -0.2) is 6.29 Å². The summed E-state index contributed by atoms with van der Waals surface area (Å²) in [6, 6.07) is 30.6.